The molecule has 0 aromatic heterocycles. The van der Waals surface area contributed by atoms with Gasteiger partial charge in [0.1, 0.15) is 12.4 Å². The number of nitrogens with one attached hydrogen (secondary N) is 1. The van der Waals surface area contributed by atoms with E-state index in [2.05, 4.69) is 11.4 Å². The molecule has 0 amide bonds. The van der Waals surface area contributed by atoms with Gasteiger partial charge in [-0.25, -0.2) is 4.79 Å². The summed E-state index contributed by atoms with van der Waals surface area (Å²) in [5.41, 5.74) is 3.95. The number of aromatic carboxylic acids is 1. The van der Waals surface area contributed by atoms with Gasteiger partial charge in [-0.3, -0.25) is 0 Å². The quantitative estimate of drug-likeness (QED) is 0.676. The average Bonchev–Trinajstić information content (AvgIpc) is 2.72. The molecule has 3 rings (SSSR count). The highest BCUT2D eigenvalue weighted by Crippen LogP contribution is 2.25. The highest BCUT2D eigenvalue weighted by atomic mass is 16.5. The van der Waals surface area contributed by atoms with Crippen molar-refractivity contribution >= 4 is 11.7 Å². The molecule has 5 nitrogen and oxygen atoms in total. The Morgan fingerprint density at radius 1 is 1.07 bits per heavy atom. The van der Waals surface area contributed by atoms with Crippen LogP contribution in [-0.4, -0.2) is 18.1 Å². The largest absolute Gasteiger partial charge is 0.489 e. The molecule has 5 heteroatoms. The zero-order valence-corrected chi connectivity index (χ0v) is 14.8. The van der Waals surface area contributed by atoms with Crippen molar-refractivity contribution in [3.05, 3.63) is 83.4 Å². The van der Waals surface area contributed by atoms with Crippen LogP contribution in [0.15, 0.2) is 66.7 Å². The Labute approximate surface area is 157 Å². The molecule has 0 saturated carbocycles. The lowest BCUT2D eigenvalue weighted by Gasteiger charge is -2.11. The number of carboxylic acids is 1. The summed E-state index contributed by atoms with van der Waals surface area (Å²) in [6.45, 7) is 0.241. The first-order valence-corrected chi connectivity index (χ1v) is 8.37. The summed E-state index contributed by atoms with van der Waals surface area (Å²) in [7, 11) is 1.84. The number of carbonyl (C=O) groups is 1. The smallest absolute Gasteiger partial charge is 0.335 e. The van der Waals surface area contributed by atoms with Crippen LogP contribution in [0.2, 0.25) is 0 Å². The molecule has 3 aromatic carbocycles. The Kier molecular flexibility index (Phi) is 5.38. The van der Waals surface area contributed by atoms with Gasteiger partial charge in [0.05, 0.1) is 17.2 Å². The second-order valence-electron chi connectivity index (χ2n) is 5.98. The van der Waals surface area contributed by atoms with Crippen molar-refractivity contribution in [2.45, 2.75) is 6.61 Å². The number of hydrogen-bond donors (Lipinski definition) is 2. The van der Waals surface area contributed by atoms with Crippen molar-refractivity contribution in [1.29, 1.82) is 5.26 Å². The van der Waals surface area contributed by atoms with E-state index in [4.69, 9.17) is 10.00 Å². The molecule has 0 aliphatic rings. The van der Waals surface area contributed by atoms with E-state index in [1.54, 1.807) is 30.3 Å². The zero-order chi connectivity index (χ0) is 19.2. The van der Waals surface area contributed by atoms with Crippen molar-refractivity contribution in [2.24, 2.45) is 0 Å². The molecule has 2 N–H and O–H groups in total. The third kappa shape index (κ3) is 4.44. The number of carboxylic acid groups (broad SMARTS) is 1. The third-order valence-corrected chi connectivity index (χ3v) is 4.11. The Hall–Kier alpha value is -3.78. The van der Waals surface area contributed by atoms with Crippen LogP contribution >= 0.6 is 0 Å². The normalized spacial score (nSPS) is 10.1. The molecule has 0 saturated heterocycles. The summed E-state index contributed by atoms with van der Waals surface area (Å²) >= 11 is 0. The Balaban J connectivity index is 1.89. The minimum atomic E-state index is -1.01. The van der Waals surface area contributed by atoms with Crippen LogP contribution in [0.3, 0.4) is 0 Å². The van der Waals surface area contributed by atoms with E-state index < -0.39 is 5.97 Å². The molecule has 0 spiro atoms. The average molecular weight is 358 g/mol. The molecule has 0 bridgehead atoms. The van der Waals surface area contributed by atoms with E-state index >= 15 is 0 Å². The van der Waals surface area contributed by atoms with E-state index in [1.807, 2.05) is 43.4 Å². The van der Waals surface area contributed by atoms with Crippen LogP contribution < -0.4 is 10.1 Å². The Morgan fingerprint density at radius 2 is 1.85 bits per heavy atom. The lowest BCUT2D eigenvalue weighted by atomic mass is 9.98. The molecule has 0 heterocycles. The first-order chi connectivity index (χ1) is 13.1. The molecule has 3 aromatic rings. The van der Waals surface area contributed by atoms with Gasteiger partial charge >= 0.3 is 5.97 Å². The molecule has 0 aliphatic carbocycles. The summed E-state index contributed by atoms with van der Waals surface area (Å²) in [6.07, 6.45) is 0. The molecular weight excluding hydrogens is 340 g/mol. The fourth-order valence-electron chi connectivity index (χ4n) is 2.72. The predicted molar refractivity (Wildman–Crippen MR) is 104 cm³/mol. The van der Waals surface area contributed by atoms with Gasteiger partial charge in [-0.05, 0) is 71.3 Å². The van der Waals surface area contributed by atoms with Crippen LogP contribution in [0.5, 0.6) is 5.75 Å². The minimum Gasteiger partial charge on any atom is -0.489 e. The molecule has 0 fully saturated rings. The third-order valence-electron chi connectivity index (χ3n) is 4.11. The van der Waals surface area contributed by atoms with Crippen LogP contribution in [0, 0.1) is 11.3 Å². The number of hydrogen-bond acceptors (Lipinski definition) is 4. The van der Waals surface area contributed by atoms with Crippen LogP contribution in [0.4, 0.5) is 5.69 Å². The molecule has 134 valence electrons. The van der Waals surface area contributed by atoms with Gasteiger partial charge in [0, 0.05) is 12.7 Å². The number of ether oxygens (including phenoxy) is 1. The maximum atomic E-state index is 11.5. The SMILES string of the molecule is CNc1ccc(OCc2cc(C(=O)O)cc(-c3cccc(C#N)c3)c2)cc1. The van der Waals surface area contributed by atoms with Gasteiger partial charge in [0.25, 0.3) is 0 Å². The summed E-state index contributed by atoms with van der Waals surface area (Å²) in [5.74, 6) is -0.310. The number of nitrogens with zero attached hydrogens (tertiary/aromatic N) is 1. The highest BCUT2D eigenvalue weighted by Gasteiger charge is 2.10. The lowest BCUT2D eigenvalue weighted by Crippen LogP contribution is -2.02. The van der Waals surface area contributed by atoms with Crippen LogP contribution in [0.25, 0.3) is 11.1 Å². The summed E-state index contributed by atoms with van der Waals surface area (Å²) in [5, 5.41) is 21.5. The van der Waals surface area contributed by atoms with E-state index in [-0.39, 0.29) is 12.2 Å². The molecule has 27 heavy (non-hydrogen) atoms. The molecule has 0 atom stereocenters. The zero-order valence-electron chi connectivity index (χ0n) is 14.8. The number of benzene rings is 3. The van der Waals surface area contributed by atoms with Gasteiger partial charge < -0.3 is 15.2 Å². The van der Waals surface area contributed by atoms with Crippen molar-refractivity contribution in [3.63, 3.8) is 0 Å². The first kappa shape index (κ1) is 18.0. The lowest BCUT2D eigenvalue weighted by molar-refractivity contribution is 0.0696. The van der Waals surface area contributed by atoms with Crippen LogP contribution in [-0.2, 0) is 6.61 Å². The first-order valence-electron chi connectivity index (χ1n) is 8.37. The van der Waals surface area contributed by atoms with Gasteiger partial charge in [-0.1, -0.05) is 12.1 Å². The Morgan fingerprint density at radius 3 is 2.52 bits per heavy atom. The summed E-state index contributed by atoms with van der Waals surface area (Å²) in [6, 6.07) is 21.8. The number of anilines is 1. The second-order valence-corrected chi connectivity index (χ2v) is 5.98. The van der Waals surface area contributed by atoms with Crippen molar-refractivity contribution in [1.82, 2.24) is 0 Å². The molecule has 0 unspecified atom stereocenters. The standard InChI is InChI=1S/C22H18N2O3/c1-24-20-5-7-21(8-6-20)27-14-16-10-18(12-19(11-16)22(25)26)17-4-2-3-15(9-17)13-23/h2-12,24H,14H2,1H3,(H,25,26). The fraction of sp³-hybridized carbons (Fsp3) is 0.0909. The molecule has 0 radical (unpaired) electrons. The monoisotopic (exact) mass is 358 g/mol. The maximum absolute atomic E-state index is 11.5. The van der Waals surface area contributed by atoms with Crippen LogP contribution in [0.1, 0.15) is 21.5 Å². The van der Waals surface area contributed by atoms with Gasteiger partial charge in [0.15, 0.2) is 0 Å². The number of nitriles is 1. The fourth-order valence-corrected chi connectivity index (χ4v) is 2.72. The van der Waals surface area contributed by atoms with Crippen molar-refractivity contribution in [2.75, 3.05) is 12.4 Å². The van der Waals surface area contributed by atoms with E-state index in [1.165, 1.54) is 0 Å². The van der Waals surface area contributed by atoms with E-state index in [9.17, 15) is 9.90 Å². The van der Waals surface area contributed by atoms with Crippen molar-refractivity contribution in [3.8, 4) is 22.9 Å². The van der Waals surface area contributed by atoms with Gasteiger partial charge in [-0.2, -0.15) is 5.26 Å². The molecular formula is C22H18N2O3. The van der Waals surface area contributed by atoms with Gasteiger partial charge in [0.2, 0.25) is 0 Å². The van der Waals surface area contributed by atoms with E-state index in [0.29, 0.717) is 11.3 Å². The molecule has 0 aliphatic heterocycles. The highest BCUT2D eigenvalue weighted by molar-refractivity contribution is 5.90. The summed E-state index contributed by atoms with van der Waals surface area (Å²) < 4.78 is 5.79. The number of rotatable bonds is 6. The van der Waals surface area contributed by atoms with E-state index in [0.717, 1.165) is 22.4 Å². The summed E-state index contributed by atoms with van der Waals surface area (Å²) in [4.78, 5) is 11.5. The Bertz CT molecular complexity index is 1000. The minimum absolute atomic E-state index is 0.180. The second kappa shape index (κ2) is 8.07. The van der Waals surface area contributed by atoms with Gasteiger partial charge in [-0.15, -0.1) is 0 Å². The topological polar surface area (TPSA) is 82.3 Å². The maximum Gasteiger partial charge on any atom is 0.335 e. The van der Waals surface area contributed by atoms with Crippen molar-refractivity contribution < 1.29 is 14.6 Å². The predicted octanol–water partition coefficient (Wildman–Crippen LogP) is 4.54.